The molecule has 0 aliphatic heterocycles. The van der Waals surface area contributed by atoms with E-state index in [1.165, 1.54) is 87.8 Å². The minimum absolute atomic E-state index is 0. The van der Waals surface area contributed by atoms with Crippen LogP contribution in [-0.2, 0) is 33.5 Å². The second-order valence-electron chi connectivity index (χ2n) is 12.4. The average Bonchev–Trinajstić information content (AvgIpc) is 4.01. The van der Waals surface area contributed by atoms with E-state index in [2.05, 4.69) is 98.8 Å². The van der Waals surface area contributed by atoms with Gasteiger partial charge in [0.05, 0.1) is 19.4 Å². The quantitative estimate of drug-likeness (QED) is 0.0759. The number of halogens is 3. The van der Waals surface area contributed by atoms with Crippen molar-refractivity contribution in [3.8, 4) is 11.3 Å². The molecule has 2 aromatic carbocycles. The maximum absolute atomic E-state index is 11.5. The molecule has 0 saturated heterocycles. The summed E-state index contributed by atoms with van der Waals surface area (Å²) in [6.07, 6.45) is 11.8. The van der Waals surface area contributed by atoms with Gasteiger partial charge in [-0.05, 0) is 64.0 Å². The number of nitrogens with zero attached hydrogens (tertiary/aromatic N) is 2. The van der Waals surface area contributed by atoms with E-state index in [4.69, 9.17) is 8.83 Å². The van der Waals surface area contributed by atoms with Crippen LogP contribution >= 0.6 is 82.9 Å². The van der Waals surface area contributed by atoms with E-state index in [0.717, 1.165) is 16.9 Å². The topological polar surface area (TPSA) is 70.3 Å². The van der Waals surface area contributed by atoms with Gasteiger partial charge in [-0.2, -0.15) is 0 Å². The first kappa shape index (κ1) is 48.7. The van der Waals surface area contributed by atoms with E-state index in [1.54, 1.807) is 31.7 Å². The molecular weight excluding hydrogens is 1240 g/mol. The van der Waals surface area contributed by atoms with Gasteiger partial charge >= 0.3 is 118 Å². The van der Waals surface area contributed by atoms with Crippen LogP contribution in [0.15, 0.2) is 127 Å². The summed E-state index contributed by atoms with van der Waals surface area (Å²) in [5.41, 5.74) is 3.41. The van der Waals surface area contributed by atoms with Gasteiger partial charge < -0.3 is 4.42 Å². The first-order valence-electron chi connectivity index (χ1n) is 17.7. The van der Waals surface area contributed by atoms with Gasteiger partial charge in [-0.25, -0.2) is 0 Å². The summed E-state index contributed by atoms with van der Waals surface area (Å²) >= 11 is 7.19. The Bertz CT molecular complexity index is 1900. The van der Waals surface area contributed by atoms with Gasteiger partial charge in [-0.15, -0.1) is 0 Å². The molecule has 6 aromatic rings. The molecule has 0 aliphatic rings. The monoisotopic (exact) mass is 1290 g/mol. The maximum atomic E-state index is 11.5. The van der Waals surface area contributed by atoms with Crippen molar-refractivity contribution in [2.75, 3.05) is 0 Å². The number of benzene rings is 2. The molecule has 290 valence electrons. The van der Waals surface area contributed by atoms with Crippen molar-refractivity contribution < 1.29 is 29.3 Å². The van der Waals surface area contributed by atoms with Gasteiger partial charge in [0, 0.05) is 89.7 Å². The summed E-state index contributed by atoms with van der Waals surface area (Å²) in [4.78, 5) is 22.8. The van der Waals surface area contributed by atoms with Gasteiger partial charge in [0.25, 0.3) is 11.1 Å². The molecule has 6 nitrogen and oxygen atoms in total. The van der Waals surface area contributed by atoms with E-state index in [9.17, 15) is 9.59 Å². The second-order valence-corrected chi connectivity index (χ2v) is 28.5. The Labute approximate surface area is 377 Å². The van der Waals surface area contributed by atoms with Gasteiger partial charge in [-0.1, -0.05) is 53.4 Å². The van der Waals surface area contributed by atoms with Gasteiger partial charge in [0.1, 0.15) is 5.76 Å². The fraction of sp³-hybridized carbons (Fsp3) is 0.350. The Balaban J connectivity index is 0.000000268. The minimum Gasteiger partial charge on any atom is -0.464 e. The predicted octanol–water partition coefficient (Wildman–Crippen LogP) is 12.9. The van der Waals surface area contributed by atoms with Crippen molar-refractivity contribution in [3.63, 3.8) is 0 Å². The average molecular weight is 1290 g/mol. The number of unbranched alkanes of at least 4 members (excludes halogenated alkanes) is 3. The molecule has 0 N–H and O–H groups in total. The molecule has 0 spiro atoms. The molecule has 0 bridgehead atoms. The van der Waals surface area contributed by atoms with E-state index >= 15 is 0 Å². The molecule has 6 rings (SSSR count). The Morgan fingerprint density at radius 2 is 1.15 bits per heavy atom. The summed E-state index contributed by atoms with van der Waals surface area (Å²) in [7, 11) is 0. The SMILES string of the molecule is CCC[CH2][Sn]([CH2]CCC)([CH2]CCC)[c]1ccco1.II.O=c1ccsn1Cc1cccc(-c2ccco2)c1.O=c1ccsn1Cc1cccc(I)c1.[Pd]. The normalized spacial score (nSPS) is 10.5. The number of furan rings is 2. The molecular formula is C40H49I3N2O4PdS2Sn. The maximum Gasteiger partial charge on any atom is 0.260 e. The second kappa shape index (κ2) is 28.0. The van der Waals surface area contributed by atoms with Crippen LogP contribution in [0.3, 0.4) is 0 Å². The summed E-state index contributed by atoms with van der Waals surface area (Å²) < 4.78 is 21.9. The van der Waals surface area contributed by atoms with E-state index in [-0.39, 0.29) is 31.5 Å². The largest absolute Gasteiger partial charge is 0.464 e. The van der Waals surface area contributed by atoms with Crippen LogP contribution in [-0.4, -0.2) is 26.3 Å². The van der Waals surface area contributed by atoms with Crippen LogP contribution in [0, 0.1) is 3.57 Å². The third-order valence-corrected chi connectivity index (χ3v) is 26.0. The summed E-state index contributed by atoms with van der Waals surface area (Å²) in [6, 6.07) is 27.6. The van der Waals surface area contributed by atoms with Crippen LogP contribution < -0.4 is 14.9 Å². The van der Waals surface area contributed by atoms with Gasteiger partial charge in [0.2, 0.25) is 0 Å². The van der Waals surface area contributed by atoms with Crippen LogP contribution in [0.25, 0.3) is 11.3 Å². The fourth-order valence-corrected chi connectivity index (χ4v) is 23.2. The molecule has 0 radical (unpaired) electrons. The van der Waals surface area contributed by atoms with Crippen molar-refractivity contribution in [2.24, 2.45) is 0 Å². The Morgan fingerprint density at radius 1 is 0.642 bits per heavy atom. The fourth-order valence-electron chi connectivity index (χ4n) is 5.93. The third-order valence-electron chi connectivity index (χ3n) is 8.63. The molecule has 4 heterocycles. The van der Waals surface area contributed by atoms with Crippen LogP contribution in [0.4, 0.5) is 0 Å². The van der Waals surface area contributed by atoms with Crippen molar-refractivity contribution >= 4 is 105 Å². The van der Waals surface area contributed by atoms with E-state index in [1.807, 2.05) is 66.2 Å². The van der Waals surface area contributed by atoms with E-state index < -0.39 is 18.4 Å². The Hall–Kier alpha value is -0.489. The number of rotatable bonds is 15. The predicted molar refractivity (Wildman–Crippen MR) is 250 cm³/mol. The molecule has 0 atom stereocenters. The summed E-state index contributed by atoms with van der Waals surface area (Å²) in [5, 5.41) is 3.62. The van der Waals surface area contributed by atoms with Crippen molar-refractivity contribution in [2.45, 2.75) is 85.7 Å². The molecule has 0 fully saturated rings. The minimum atomic E-state index is -2.20. The van der Waals surface area contributed by atoms with Crippen LogP contribution in [0.1, 0.15) is 70.4 Å². The van der Waals surface area contributed by atoms with Gasteiger partial charge in [0.15, 0.2) is 0 Å². The zero-order chi connectivity index (χ0) is 37.6. The number of aromatic nitrogens is 2. The molecule has 53 heavy (non-hydrogen) atoms. The van der Waals surface area contributed by atoms with Gasteiger partial charge in [-0.3, -0.25) is 17.5 Å². The molecule has 0 aliphatic carbocycles. The van der Waals surface area contributed by atoms with E-state index in [0.29, 0.717) is 13.1 Å². The molecule has 0 unspecified atom stereocenters. The Kier molecular flexibility index (Phi) is 25.7. The third kappa shape index (κ3) is 16.9. The molecule has 0 amide bonds. The van der Waals surface area contributed by atoms with Crippen LogP contribution in [0.5, 0.6) is 0 Å². The first-order chi connectivity index (χ1) is 25.4. The zero-order valence-corrected chi connectivity index (χ0v) is 43.0. The smallest absolute Gasteiger partial charge is 0.260 e. The number of hydrogen-bond acceptors (Lipinski definition) is 6. The Morgan fingerprint density at radius 3 is 1.58 bits per heavy atom. The molecule has 0 saturated carbocycles. The first-order valence-corrected chi connectivity index (χ1v) is 34.2. The zero-order valence-electron chi connectivity index (χ0n) is 30.5. The number of hydrogen-bond donors (Lipinski definition) is 0. The molecule has 4 aromatic heterocycles. The molecule has 13 heteroatoms. The van der Waals surface area contributed by atoms with Crippen molar-refractivity contribution in [1.82, 2.24) is 7.91 Å². The van der Waals surface area contributed by atoms with Crippen molar-refractivity contribution in [1.29, 1.82) is 0 Å². The van der Waals surface area contributed by atoms with Crippen LogP contribution in [0.2, 0.25) is 13.3 Å². The summed E-state index contributed by atoms with van der Waals surface area (Å²) in [5.74, 6) is 0.843. The summed E-state index contributed by atoms with van der Waals surface area (Å²) in [6.45, 7) is 8.23. The van der Waals surface area contributed by atoms with Crippen molar-refractivity contribution in [3.05, 3.63) is 144 Å². The standard InChI is InChI=1S/C14H11NO2S.C10H8INOS.C4H3O.3C4H9.I2.Pd.Sn/c16-14-6-8-18-15(14)10-11-3-1-4-12(9-11)13-5-2-7-17-13;11-9-3-1-2-8(6-9)7-12-10(13)4-5-14-12;1-2-4-5-3-1;3*1-3-4-2;1-2;;/h1-9H,10H2;1-6H,7H2;1-3H;3*1,3-4H2,2H3;;;.